The van der Waals surface area contributed by atoms with E-state index in [1.165, 1.54) is 0 Å². The van der Waals surface area contributed by atoms with Crippen LogP contribution in [0, 0.1) is 5.92 Å². The standard InChI is InChI=1S/C31H42N4O6.Li/c1-22(2)19-26(30(38)34-27(31(39)40)20-24-11-7-4-8-12-24)33-29(37)25(14-13-23-9-5-3-6-10-23)32-28(36)21-35-15-17-41-18-16-35;/h3-12,22,25-27H,13-21H2,1-2H3,(H,32,36)(H,33,37)(H,34,38)(H,39,40);/q;+1/p-1/t25-,26-,27-;/m0./s1. The van der Waals surface area contributed by atoms with Gasteiger partial charge in [0, 0.05) is 13.1 Å². The average molecular weight is 573 g/mol. The van der Waals surface area contributed by atoms with Crippen LogP contribution in [-0.4, -0.2) is 79.6 Å². The number of aliphatic carboxylic acids is 1. The first-order valence-electron chi connectivity index (χ1n) is 14.2. The average Bonchev–Trinajstić information content (AvgIpc) is 2.95. The summed E-state index contributed by atoms with van der Waals surface area (Å²) >= 11 is 0. The zero-order valence-corrected chi connectivity index (χ0v) is 24.8. The van der Waals surface area contributed by atoms with Gasteiger partial charge in [0.2, 0.25) is 17.7 Å². The number of carbonyl (C=O) groups excluding carboxylic acids is 4. The number of rotatable bonds is 15. The van der Waals surface area contributed by atoms with Crippen molar-refractivity contribution in [2.24, 2.45) is 5.92 Å². The molecule has 3 atom stereocenters. The van der Waals surface area contributed by atoms with Gasteiger partial charge in [-0.3, -0.25) is 19.3 Å². The second kappa shape index (κ2) is 18.4. The van der Waals surface area contributed by atoms with Crippen LogP contribution in [-0.2, 0) is 36.8 Å². The predicted octanol–water partition coefficient (Wildman–Crippen LogP) is -2.55. The Morgan fingerprint density at radius 2 is 1.36 bits per heavy atom. The summed E-state index contributed by atoms with van der Waals surface area (Å²) in [5.74, 6) is -2.78. The van der Waals surface area contributed by atoms with E-state index in [4.69, 9.17) is 4.74 Å². The summed E-state index contributed by atoms with van der Waals surface area (Å²) in [6.45, 7) is 6.32. The summed E-state index contributed by atoms with van der Waals surface area (Å²) in [5, 5.41) is 20.0. The van der Waals surface area contributed by atoms with Gasteiger partial charge in [0.1, 0.15) is 12.1 Å². The first kappa shape index (κ1) is 35.0. The number of aryl methyl sites for hydroxylation is 1. The third-order valence-corrected chi connectivity index (χ3v) is 6.91. The summed E-state index contributed by atoms with van der Waals surface area (Å²) < 4.78 is 5.35. The van der Waals surface area contributed by atoms with Crippen molar-refractivity contribution in [2.75, 3.05) is 32.8 Å². The van der Waals surface area contributed by atoms with Gasteiger partial charge in [0.25, 0.3) is 0 Å². The molecule has 0 aliphatic carbocycles. The smallest absolute Gasteiger partial charge is 0.548 e. The minimum atomic E-state index is -1.41. The number of hydrogen-bond acceptors (Lipinski definition) is 7. The molecule has 0 radical (unpaired) electrons. The number of ether oxygens (including phenoxy) is 1. The van der Waals surface area contributed by atoms with Gasteiger partial charge < -0.3 is 30.6 Å². The Balaban J connectivity index is 0.00000616. The van der Waals surface area contributed by atoms with Gasteiger partial charge in [-0.15, -0.1) is 0 Å². The molecule has 1 fully saturated rings. The Morgan fingerprint density at radius 3 is 1.93 bits per heavy atom. The summed E-state index contributed by atoms with van der Waals surface area (Å²) in [7, 11) is 0. The molecule has 1 saturated heterocycles. The number of morpholine rings is 1. The number of benzene rings is 2. The van der Waals surface area contributed by atoms with E-state index in [1.807, 2.05) is 55.1 Å². The molecule has 2 aromatic carbocycles. The van der Waals surface area contributed by atoms with E-state index in [0.29, 0.717) is 39.1 Å². The quantitative estimate of drug-likeness (QED) is 0.200. The van der Waals surface area contributed by atoms with Crippen LogP contribution in [0.3, 0.4) is 0 Å². The van der Waals surface area contributed by atoms with E-state index >= 15 is 0 Å². The van der Waals surface area contributed by atoms with E-state index in [-0.39, 0.29) is 50.1 Å². The molecule has 0 bridgehead atoms. The number of hydrogen-bond donors (Lipinski definition) is 3. The van der Waals surface area contributed by atoms with Crippen molar-refractivity contribution in [3.05, 3.63) is 71.8 Å². The molecule has 0 unspecified atom stereocenters. The molecule has 0 saturated carbocycles. The van der Waals surface area contributed by atoms with E-state index < -0.39 is 35.9 Å². The van der Waals surface area contributed by atoms with Gasteiger partial charge in [-0.05, 0) is 42.7 Å². The maximum atomic E-state index is 13.5. The van der Waals surface area contributed by atoms with Gasteiger partial charge in [0.15, 0.2) is 0 Å². The van der Waals surface area contributed by atoms with E-state index in [2.05, 4.69) is 16.0 Å². The van der Waals surface area contributed by atoms with Gasteiger partial charge in [0.05, 0.1) is 31.8 Å². The molecular weight excluding hydrogens is 531 g/mol. The molecule has 0 spiro atoms. The molecule has 42 heavy (non-hydrogen) atoms. The molecule has 3 amide bonds. The van der Waals surface area contributed by atoms with Gasteiger partial charge in [-0.2, -0.15) is 0 Å². The van der Waals surface area contributed by atoms with Crippen LogP contribution in [0.15, 0.2) is 60.7 Å². The third kappa shape index (κ3) is 12.4. The Hall–Kier alpha value is -3.16. The van der Waals surface area contributed by atoms with Crippen LogP contribution in [0.4, 0.5) is 0 Å². The summed E-state index contributed by atoms with van der Waals surface area (Å²) in [6, 6.07) is 15.4. The van der Waals surface area contributed by atoms with Crippen LogP contribution in [0.1, 0.15) is 37.8 Å². The van der Waals surface area contributed by atoms with Crippen LogP contribution in [0.2, 0.25) is 0 Å². The van der Waals surface area contributed by atoms with Gasteiger partial charge >= 0.3 is 18.9 Å². The Kier molecular flexibility index (Phi) is 15.3. The SMILES string of the molecule is CC(C)C[C@H](NC(=O)[C@H](CCc1ccccc1)NC(=O)CN1CCOCC1)C(=O)N[C@@H](Cc1ccccc1)C(=O)[O-].[Li+]. The van der Waals surface area contributed by atoms with Crippen molar-refractivity contribution < 1.29 is 47.9 Å². The second-order valence-corrected chi connectivity index (χ2v) is 10.8. The van der Waals surface area contributed by atoms with E-state index in [9.17, 15) is 24.3 Å². The number of nitrogens with one attached hydrogen (secondary N) is 3. The first-order chi connectivity index (χ1) is 19.7. The Morgan fingerprint density at radius 1 is 0.810 bits per heavy atom. The van der Waals surface area contributed by atoms with Crippen LogP contribution >= 0.6 is 0 Å². The molecule has 2 aromatic rings. The number of carbonyl (C=O) groups is 4. The van der Waals surface area contributed by atoms with E-state index in [0.717, 1.165) is 11.1 Å². The minimum Gasteiger partial charge on any atom is -0.548 e. The molecule has 0 aromatic heterocycles. The normalized spacial score (nSPS) is 15.5. The summed E-state index contributed by atoms with van der Waals surface area (Å²) in [5.41, 5.74) is 1.75. The topological polar surface area (TPSA) is 140 Å². The van der Waals surface area contributed by atoms with Crippen molar-refractivity contribution in [3.63, 3.8) is 0 Å². The molecule has 222 valence electrons. The number of carboxylic acids is 1. The molecule has 1 aliphatic heterocycles. The van der Waals surface area contributed by atoms with Crippen molar-refractivity contribution in [3.8, 4) is 0 Å². The zero-order chi connectivity index (χ0) is 29.6. The molecule has 11 heteroatoms. The van der Waals surface area contributed by atoms with Crippen LogP contribution in [0.25, 0.3) is 0 Å². The van der Waals surface area contributed by atoms with Crippen LogP contribution in [0.5, 0.6) is 0 Å². The minimum absolute atomic E-state index is 0. The number of amides is 3. The van der Waals surface area contributed by atoms with Crippen molar-refractivity contribution in [1.82, 2.24) is 20.9 Å². The Labute approximate surface area is 260 Å². The maximum Gasteiger partial charge on any atom is 1.00 e. The van der Waals surface area contributed by atoms with Crippen molar-refractivity contribution >= 4 is 23.7 Å². The van der Waals surface area contributed by atoms with Crippen molar-refractivity contribution in [1.29, 1.82) is 0 Å². The monoisotopic (exact) mass is 572 g/mol. The number of carboxylic acid groups (broad SMARTS) is 1. The molecule has 3 rings (SSSR count). The van der Waals surface area contributed by atoms with E-state index in [1.54, 1.807) is 24.3 Å². The largest absolute Gasteiger partial charge is 1.00 e. The predicted molar refractivity (Wildman–Crippen MR) is 152 cm³/mol. The molecule has 3 N–H and O–H groups in total. The fourth-order valence-electron chi connectivity index (χ4n) is 4.72. The molecule has 10 nitrogen and oxygen atoms in total. The number of nitrogens with zero attached hydrogens (tertiary/aromatic N) is 1. The molecule has 1 heterocycles. The van der Waals surface area contributed by atoms with Crippen molar-refractivity contribution in [2.45, 2.75) is 57.7 Å². The summed E-state index contributed by atoms with van der Waals surface area (Å²) in [6.07, 6.45) is 1.21. The van der Waals surface area contributed by atoms with Crippen LogP contribution < -0.4 is 39.9 Å². The Bertz CT molecular complexity index is 1130. The van der Waals surface area contributed by atoms with Gasteiger partial charge in [-0.1, -0.05) is 74.5 Å². The first-order valence-corrected chi connectivity index (χ1v) is 14.2. The zero-order valence-electron chi connectivity index (χ0n) is 24.8. The fraction of sp³-hybridized carbons (Fsp3) is 0.484. The maximum absolute atomic E-state index is 13.5. The van der Waals surface area contributed by atoms with Gasteiger partial charge in [-0.25, -0.2) is 0 Å². The molecule has 1 aliphatic rings. The molecular formula is C31H41LiN4O6. The third-order valence-electron chi connectivity index (χ3n) is 6.91. The fourth-order valence-corrected chi connectivity index (χ4v) is 4.72. The second-order valence-electron chi connectivity index (χ2n) is 10.8. The summed E-state index contributed by atoms with van der Waals surface area (Å²) in [4.78, 5) is 53.5.